The van der Waals surface area contributed by atoms with Gasteiger partial charge in [0.15, 0.2) is 5.78 Å². The van der Waals surface area contributed by atoms with Gasteiger partial charge < -0.3 is 5.11 Å². The fraction of sp³-hybridized carbons (Fsp3) is 0.143. The maximum atomic E-state index is 13.6. The number of aliphatic carboxylic acids is 1. The second-order valence-electron chi connectivity index (χ2n) is 4.29. The van der Waals surface area contributed by atoms with Crippen LogP contribution in [0.25, 0.3) is 0 Å². The van der Waals surface area contributed by atoms with Crippen LogP contribution in [-0.4, -0.2) is 32.4 Å². The number of rotatable bonds is 6. The largest absolute Gasteiger partial charge is 0.475 e. The molecule has 0 saturated heterocycles. The Hall–Kier alpha value is -2.83. The Labute approximate surface area is 118 Å². The van der Waals surface area contributed by atoms with Gasteiger partial charge in [-0.1, -0.05) is 18.2 Å². The molecule has 0 aliphatic heterocycles. The highest BCUT2D eigenvalue weighted by atomic mass is 19.1. The van der Waals surface area contributed by atoms with Crippen molar-refractivity contribution in [3.63, 3.8) is 0 Å². The van der Waals surface area contributed by atoms with Crippen molar-refractivity contribution in [3.8, 4) is 0 Å². The van der Waals surface area contributed by atoms with Crippen LogP contribution in [0.3, 0.4) is 0 Å². The molecule has 0 saturated carbocycles. The number of carboxylic acid groups (broad SMARTS) is 1. The number of carbonyl (C=O) groups is 3. The van der Waals surface area contributed by atoms with Gasteiger partial charge in [0.05, 0.1) is 13.0 Å². The SMILES string of the molecule is O=C(O)C(=O)CC(=O)c1ccnn1Cc1ccccc1F. The van der Waals surface area contributed by atoms with Gasteiger partial charge in [-0.2, -0.15) is 5.10 Å². The van der Waals surface area contributed by atoms with E-state index in [1.54, 1.807) is 18.2 Å². The number of aromatic nitrogens is 2. The Morgan fingerprint density at radius 1 is 1.19 bits per heavy atom. The van der Waals surface area contributed by atoms with Gasteiger partial charge >= 0.3 is 5.97 Å². The molecule has 1 heterocycles. The summed E-state index contributed by atoms with van der Waals surface area (Å²) in [6, 6.07) is 7.39. The van der Waals surface area contributed by atoms with Crippen molar-refractivity contribution in [2.45, 2.75) is 13.0 Å². The molecule has 0 aliphatic rings. The molecule has 0 radical (unpaired) electrons. The number of Topliss-reactive ketones (excluding diaryl/α,β-unsaturated/α-hetero) is 2. The van der Waals surface area contributed by atoms with Crippen LogP contribution >= 0.6 is 0 Å². The summed E-state index contributed by atoms with van der Waals surface area (Å²) in [6.07, 6.45) is 0.581. The number of halogens is 1. The minimum absolute atomic E-state index is 0.0159. The van der Waals surface area contributed by atoms with Crippen LogP contribution in [0.1, 0.15) is 22.5 Å². The van der Waals surface area contributed by atoms with Gasteiger partial charge in [0.1, 0.15) is 11.5 Å². The van der Waals surface area contributed by atoms with Crippen molar-refractivity contribution in [3.05, 3.63) is 53.6 Å². The third kappa shape index (κ3) is 3.38. The van der Waals surface area contributed by atoms with Crippen LogP contribution in [-0.2, 0) is 16.1 Å². The summed E-state index contributed by atoms with van der Waals surface area (Å²) in [5, 5.41) is 12.4. The molecule has 21 heavy (non-hydrogen) atoms. The molecule has 0 amide bonds. The van der Waals surface area contributed by atoms with E-state index in [2.05, 4.69) is 5.10 Å². The molecule has 0 spiro atoms. The fourth-order valence-corrected chi connectivity index (χ4v) is 1.80. The lowest BCUT2D eigenvalue weighted by Crippen LogP contribution is -2.20. The molecule has 1 aromatic carbocycles. The van der Waals surface area contributed by atoms with E-state index in [4.69, 9.17) is 5.11 Å². The van der Waals surface area contributed by atoms with Crippen LogP contribution in [0, 0.1) is 5.82 Å². The molecular weight excluding hydrogens is 279 g/mol. The number of ketones is 2. The van der Waals surface area contributed by atoms with Gasteiger partial charge in [-0.3, -0.25) is 14.3 Å². The molecule has 2 aromatic rings. The van der Waals surface area contributed by atoms with Crippen molar-refractivity contribution >= 4 is 17.5 Å². The first-order valence-corrected chi connectivity index (χ1v) is 6.03. The lowest BCUT2D eigenvalue weighted by Gasteiger charge is -2.07. The predicted octanol–water partition coefficient (Wildman–Crippen LogP) is 1.30. The van der Waals surface area contributed by atoms with Gasteiger partial charge in [-0.25, -0.2) is 9.18 Å². The molecule has 1 aromatic heterocycles. The standard InChI is InChI=1S/C14H11FN2O4/c15-10-4-2-1-3-9(10)8-17-11(5-6-16-17)12(18)7-13(19)14(20)21/h1-6H,7-8H2,(H,20,21). The highest BCUT2D eigenvalue weighted by Gasteiger charge is 2.20. The number of carboxylic acids is 1. The summed E-state index contributed by atoms with van der Waals surface area (Å²) < 4.78 is 14.8. The first-order chi connectivity index (χ1) is 9.99. The second kappa shape index (κ2) is 6.08. The number of hydrogen-bond acceptors (Lipinski definition) is 4. The van der Waals surface area contributed by atoms with E-state index in [0.717, 1.165) is 0 Å². The van der Waals surface area contributed by atoms with Crippen LogP contribution in [0.4, 0.5) is 4.39 Å². The number of benzene rings is 1. The van der Waals surface area contributed by atoms with Gasteiger partial charge in [-0.15, -0.1) is 0 Å². The normalized spacial score (nSPS) is 10.3. The van der Waals surface area contributed by atoms with Crippen molar-refractivity contribution in [1.29, 1.82) is 0 Å². The fourth-order valence-electron chi connectivity index (χ4n) is 1.80. The Morgan fingerprint density at radius 3 is 2.57 bits per heavy atom. The molecule has 0 atom stereocenters. The first kappa shape index (κ1) is 14.6. The molecule has 0 aliphatic carbocycles. The minimum Gasteiger partial charge on any atom is -0.475 e. The maximum absolute atomic E-state index is 13.6. The van der Waals surface area contributed by atoms with Crippen molar-refractivity contribution in [1.82, 2.24) is 9.78 Å². The third-order valence-electron chi connectivity index (χ3n) is 2.84. The quantitative estimate of drug-likeness (QED) is 0.492. The van der Waals surface area contributed by atoms with Crippen molar-refractivity contribution in [2.75, 3.05) is 0 Å². The molecule has 108 valence electrons. The van der Waals surface area contributed by atoms with Gasteiger partial charge in [0.2, 0.25) is 5.78 Å². The average molecular weight is 290 g/mol. The van der Waals surface area contributed by atoms with E-state index in [1.807, 2.05) is 0 Å². The molecule has 7 heteroatoms. The lowest BCUT2D eigenvalue weighted by atomic mass is 10.1. The molecule has 0 unspecified atom stereocenters. The second-order valence-corrected chi connectivity index (χ2v) is 4.29. The topological polar surface area (TPSA) is 89.3 Å². The van der Waals surface area contributed by atoms with Crippen LogP contribution in [0.5, 0.6) is 0 Å². The summed E-state index contributed by atoms with van der Waals surface area (Å²) in [5.74, 6) is -3.97. The van der Waals surface area contributed by atoms with E-state index in [9.17, 15) is 18.8 Å². The Bertz CT molecular complexity index is 709. The molecule has 2 rings (SSSR count). The highest BCUT2D eigenvalue weighted by Crippen LogP contribution is 2.11. The highest BCUT2D eigenvalue weighted by molar-refractivity contribution is 6.37. The Balaban J connectivity index is 2.19. The summed E-state index contributed by atoms with van der Waals surface area (Å²) in [4.78, 5) is 33.4. The van der Waals surface area contributed by atoms with Gasteiger partial charge in [-0.05, 0) is 12.1 Å². The molecule has 1 N–H and O–H groups in total. The predicted molar refractivity (Wildman–Crippen MR) is 69.3 cm³/mol. The molecule has 0 bridgehead atoms. The van der Waals surface area contributed by atoms with Crippen molar-refractivity contribution < 1.29 is 23.9 Å². The van der Waals surface area contributed by atoms with Gasteiger partial charge in [0.25, 0.3) is 0 Å². The van der Waals surface area contributed by atoms with Crippen molar-refractivity contribution in [2.24, 2.45) is 0 Å². The zero-order chi connectivity index (χ0) is 15.4. The number of hydrogen-bond donors (Lipinski definition) is 1. The Kier molecular flexibility index (Phi) is 4.22. The van der Waals surface area contributed by atoms with E-state index in [-0.39, 0.29) is 12.2 Å². The van der Waals surface area contributed by atoms with Gasteiger partial charge in [0, 0.05) is 11.8 Å². The van der Waals surface area contributed by atoms with E-state index < -0.39 is 29.8 Å². The van der Waals surface area contributed by atoms with E-state index in [1.165, 1.54) is 23.0 Å². The average Bonchev–Trinajstić information content (AvgIpc) is 2.89. The summed E-state index contributed by atoms with van der Waals surface area (Å²) in [6.45, 7) is 0.0159. The third-order valence-corrected chi connectivity index (χ3v) is 2.84. The molecule has 6 nitrogen and oxygen atoms in total. The number of carbonyl (C=O) groups excluding carboxylic acids is 2. The molecule has 0 fully saturated rings. The smallest absolute Gasteiger partial charge is 0.372 e. The minimum atomic E-state index is -1.66. The summed E-state index contributed by atoms with van der Waals surface area (Å²) in [5.41, 5.74) is 0.396. The first-order valence-electron chi connectivity index (χ1n) is 6.03. The molecular formula is C14H11FN2O4. The monoisotopic (exact) mass is 290 g/mol. The zero-order valence-electron chi connectivity index (χ0n) is 10.8. The van der Waals surface area contributed by atoms with Crippen LogP contribution in [0.2, 0.25) is 0 Å². The number of nitrogens with zero attached hydrogens (tertiary/aromatic N) is 2. The lowest BCUT2D eigenvalue weighted by molar-refractivity contribution is -0.148. The Morgan fingerprint density at radius 2 is 1.90 bits per heavy atom. The summed E-state index contributed by atoms with van der Waals surface area (Å²) >= 11 is 0. The van der Waals surface area contributed by atoms with E-state index >= 15 is 0 Å². The summed E-state index contributed by atoms with van der Waals surface area (Å²) in [7, 11) is 0. The zero-order valence-corrected chi connectivity index (χ0v) is 10.8. The maximum Gasteiger partial charge on any atom is 0.372 e. The van der Waals surface area contributed by atoms with E-state index in [0.29, 0.717) is 5.56 Å². The van der Waals surface area contributed by atoms with Crippen LogP contribution in [0.15, 0.2) is 36.5 Å². The van der Waals surface area contributed by atoms with Crippen LogP contribution < -0.4 is 0 Å².